The number of anilines is 2. The molecule has 8 heteroatoms. The summed E-state index contributed by atoms with van der Waals surface area (Å²) in [6.07, 6.45) is 0.332. The van der Waals surface area contributed by atoms with Crippen LogP contribution in [0, 0.1) is 12.8 Å². The molecule has 1 aliphatic rings. The van der Waals surface area contributed by atoms with Crippen molar-refractivity contribution in [1.29, 1.82) is 0 Å². The fourth-order valence-electron chi connectivity index (χ4n) is 3.79. The minimum absolute atomic E-state index is 0.0436. The van der Waals surface area contributed by atoms with Gasteiger partial charge in [0, 0.05) is 0 Å². The van der Waals surface area contributed by atoms with E-state index in [2.05, 4.69) is 34.1 Å². The number of nitrogens with one attached hydrogen (secondary N) is 1. The summed E-state index contributed by atoms with van der Waals surface area (Å²) in [4.78, 5) is 27.2. The average molecular weight is 448 g/mol. The van der Waals surface area contributed by atoms with Crippen LogP contribution >= 0.6 is 0 Å². The Morgan fingerprint density at radius 2 is 1.76 bits per heavy atom. The molecule has 0 unspecified atom stereocenters. The average Bonchev–Trinajstić information content (AvgIpc) is 3.19. The van der Waals surface area contributed by atoms with E-state index in [9.17, 15) is 4.79 Å². The predicted octanol–water partition coefficient (Wildman–Crippen LogP) is 5.52. The van der Waals surface area contributed by atoms with Crippen molar-refractivity contribution in [3.63, 3.8) is 0 Å². The van der Waals surface area contributed by atoms with Crippen molar-refractivity contribution in [3.05, 3.63) is 66.0 Å². The van der Waals surface area contributed by atoms with Crippen LogP contribution in [0.15, 0.2) is 54.6 Å². The number of aromatic nitrogens is 3. The van der Waals surface area contributed by atoms with Crippen LogP contribution in [-0.4, -0.2) is 33.7 Å². The van der Waals surface area contributed by atoms with Crippen molar-refractivity contribution in [1.82, 2.24) is 15.0 Å². The zero-order chi connectivity index (χ0) is 23.4. The van der Waals surface area contributed by atoms with E-state index in [1.54, 1.807) is 6.92 Å². The molecule has 0 radical (unpaired) electrons. The van der Waals surface area contributed by atoms with Gasteiger partial charge >= 0.3 is 6.09 Å². The van der Waals surface area contributed by atoms with Crippen LogP contribution in [-0.2, 0) is 4.74 Å². The zero-order valence-electron chi connectivity index (χ0n) is 19.4. The van der Waals surface area contributed by atoms with E-state index in [-0.39, 0.29) is 18.0 Å². The number of hydrogen-bond donors (Lipinski definition) is 1. The van der Waals surface area contributed by atoms with E-state index in [4.69, 9.17) is 9.47 Å². The molecule has 172 valence electrons. The molecule has 2 atom stereocenters. The smallest absolute Gasteiger partial charge is 0.417 e. The van der Waals surface area contributed by atoms with Crippen LogP contribution in [0.25, 0.3) is 0 Å². The molecule has 1 saturated heterocycles. The zero-order valence-corrected chi connectivity index (χ0v) is 19.4. The molecule has 2 aromatic carbocycles. The van der Waals surface area contributed by atoms with Gasteiger partial charge in [0.25, 0.3) is 0 Å². The topological polar surface area (TPSA) is 89.5 Å². The van der Waals surface area contributed by atoms with E-state index < -0.39 is 6.09 Å². The number of carbonyl (C=O) groups is 1. The number of aryl methyl sites for hydroxylation is 1. The number of benzene rings is 2. The molecule has 4 rings (SSSR count). The molecule has 33 heavy (non-hydrogen) atoms. The molecule has 0 saturated carbocycles. The number of ether oxygens (including phenoxy) is 2. The Balaban J connectivity index is 1.55. The van der Waals surface area contributed by atoms with Gasteiger partial charge in [0.1, 0.15) is 23.9 Å². The Morgan fingerprint density at radius 3 is 2.42 bits per heavy atom. The maximum atomic E-state index is 12.3. The monoisotopic (exact) mass is 447 g/mol. The van der Waals surface area contributed by atoms with Crippen LogP contribution in [0.1, 0.15) is 44.6 Å². The summed E-state index contributed by atoms with van der Waals surface area (Å²) in [7, 11) is 0. The van der Waals surface area contributed by atoms with Gasteiger partial charge < -0.3 is 14.8 Å². The SMILES string of the molecule is CC[C@H]1COC(=O)N1c1nc(C)nc(N[C@H](c2ccc(Oc3ccccc3)cc2)C(C)C)n1. The molecule has 1 fully saturated rings. The quantitative estimate of drug-likeness (QED) is 0.486. The maximum Gasteiger partial charge on any atom is 0.417 e. The van der Waals surface area contributed by atoms with Crippen LogP contribution < -0.4 is 15.0 Å². The standard InChI is InChI=1S/C25H29N5O3/c1-5-19-15-32-25(31)30(19)24-27-17(4)26-23(29-24)28-22(16(2)3)18-11-13-21(14-12-18)33-20-9-7-6-8-10-20/h6-14,16,19,22H,5,15H2,1-4H3,(H,26,27,28,29)/t19-,22-/m0/s1. The first-order valence-corrected chi connectivity index (χ1v) is 11.2. The molecular weight excluding hydrogens is 418 g/mol. The van der Waals surface area contributed by atoms with Gasteiger partial charge in [-0.2, -0.15) is 15.0 Å². The molecule has 1 amide bonds. The van der Waals surface area contributed by atoms with E-state index in [1.165, 1.54) is 4.90 Å². The van der Waals surface area contributed by atoms with Gasteiger partial charge in [0.15, 0.2) is 0 Å². The lowest BCUT2D eigenvalue weighted by Crippen LogP contribution is -2.35. The Hall–Kier alpha value is -3.68. The number of amides is 1. The number of hydrogen-bond acceptors (Lipinski definition) is 7. The predicted molar refractivity (Wildman–Crippen MR) is 127 cm³/mol. The summed E-state index contributed by atoms with van der Waals surface area (Å²) >= 11 is 0. The molecule has 0 bridgehead atoms. The van der Waals surface area contributed by atoms with Crippen molar-refractivity contribution >= 4 is 18.0 Å². The summed E-state index contributed by atoms with van der Waals surface area (Å²) in [6.45, 7) is 8.40. The van der Waals surface area contributed by atoms with E-state index >= 15 is 0 Å². The van der Waals surface area contributed by atoms with Crippen LogP contribution in [0.5, 0.6) is 11.5 Å². The Labute approximate surface area is 194 Å². The minimum Gasteiger partial charge on any atom is -0.457 e. The first-order chi connectivity index (χ1) is 15.9. The van der Waals surface area contributed by atoms with Gasteiger partial charge in [-0.3, -0.25) is 0 Å². The molecule has 0 spiro atoms. The molecule has 2 heterocycles. The first kappa shape index (κ1) is 22.5. The van der Waals surface area contributed by atoms with E-state index in [0.717, 1.165) is 23.5 Å². The number of para-hydroxylation sites is 1. The van der Waals surface area contributed by atoms with Crippen LogP contribution in [0.4, 0.5) is 16.7 Å². The Kier molecular flexibility index (Phi) is 6.72. The van der Waals surface area contributed by atoms with Gasteiger partial charge in [-0.1, -0.05) is 51.1 Å². The Bertz CT molecular complexity index is 1090. The van der Waals surface area contributed by atoms with Crippen molar-refractivity contribution in [2.45, 2.75) is 46.2 Å². The van der Waals surface area contributed by atoms with Crippen LogP contribution in [0.2, 0.25) is 0 Å². The lowest BCUT2D eigenvalue weighted by Gasteiger charge is -2.24. The first-order valence-electron chi connectivity index (χ1n) is 11.2. The lowest BCUT2D eigenvalue weighted by molar-refractivity contribution is 0.178. The number of rotatable bonds is 8. The molecule has 1 aliphatic heterocycles. The molecule has 1 N–H and O–H groups in total. The van der Waals surface area contributed by atoms with Crippen LogP contribution in [0.3, 0.4) is 0 Å². The number of cyclic esters (lactones) is 1. The van der Waals surface area contributed by atoms with Gasteiger partial charge in [-0.25, -0.2) is 9.69 Å². The Morgan fingerprint density at radius 1 is 1.06 bits per heavy atom. The second-order valence-electron chi connectivity index (χ2n) is 8.37. The van der Waals surface area contributed by atoms with E-state index in [0.29, 0.717) is 24.3 Å². The maximum absolute atomic E-state index is 12.3. The molecule has 3 aromatic rings. The lowest BCUT2D eigenvalue weighted by atomic mass is 9.96. The highest BCUT2D eigenvalue weighted by molar-refractivity contribution is 5.88. The fourth-order valence-corrected chi connectivity index (χ4v) is 3.79. The summed E-state index contributed by atoms with van der Waals surface area (Å²) in [5.41, 5.74) is 1.08. The van der Waals surface area contributed by atoms with Gasteiger partial charge in [-0.15, -0.1) is 0 Å². The highest BCUT2D eigenvalue weighted by Crippen LogP contribution is 2.29. The van der Waals surface area contributed by atoms with Gasteiger partial charge in [0.05, 0.1) is 12.1 Å². The third-order valence-corrected chi connectivity index (χ3v) is 5.55. The second-order valence-corrected chi connectivity index (χ2v) is 8.37. The normalized spacial score (nSPS) is 16.6. The summed E-state index contributed by atoms with van der Waals surface area (Å²) in [5.74, 6) is 3.09. The molecule has 0 aliphatic carbocycles. The summed E-state index contributed by atoms with van der Waals surface area (Å²) < 4.78 is 11.1. The summed E-state index contributed by atoms with van der Waals surface area (Å²) in [6, 6.07) is 17.5. The second kappa shape index (κ2) is 9.85. The van der Waals surface area contributed by atoms with Crippen molar-refractivity contribution in [2.75, 3.05) is 16.8 Å². The van der Waals surface area contributed by atoms with E-state index in [1.807, 2.05) is 61.5 Å². The highest BCUT2D eigenvalue weighted by atomic mass is 16.6. The van der Waals surface area contributed by atoms with Crippen molar-refractivity contribution in [2.24, 2.45) is 5.92 Å². The number of carbonyl (C=O) groups excluding carboxylic acids is 1. The van der Waals surface area contributed by atoms with Crippen molar-refractivity contribution < 1.29 is 14.3 Å². The fraction of sp³-hybridized carbons (Fsp3) is 0.360. The highest BCUT2D eigenvalue weighted by Gasteiger charge is 2.35. The third kappa shape index (κ3) is 5.22. The molecule has 1 aromatic heterocycles. The minimum atomic E-state index is -0.423. The summed E-state index contributed by atoms with van der Waals surface area (Å²) in [5, 5.41) is 3.43. The largest absolute Gasteiger partial charge is 0.457 e. The third-order valence-electron chi connectivity index (χ3n) is 5.55. The van der Waals surface area contributed by atoms with Crippen molar-refractivity contribution in [3.8, 4) is 11.5 Å². The van der Waals surface area contributed by atoms with Gasteiger partial charge in [-0.05, 0) is 49.1 Å². The number of nitrogens with zero attached hydrogens (tertiary/aromatic N) is 4. The van der Waals surface area contributed by atoms with Gasteiger partial charge in [0.2, 0.25) is 11.9 Å². The molecular formula is C25H29N5O3. The molecule has 8 nitrogen and oxygen atoms in total.